The minimum atomic E-state index is -0.623. The quantitative estimate of drug-likeness (QED) is 0.122. The molecule has 0 spiro atoms. The highest BCUT2D eigenvalue weighted by atomic mass is 16.6. The lowest BCUT2D eigenvalue weighted by molar-refractivity contribution is -0.384. The standard InChI is InChI=1S/C25H19N3O5/c1-15-11-19(12-16(2)24(15)29)26-27-23-14-18(13-17-5-3-4-6-22(17)23)25(30)33-21-9-7-20(8-10-21)28(31)32/h3-14,29H,1-2H3. The molecule has 0 aliphatic carbocycles. The van der Waals surface area contributed by atoms with E-state index in [1.54, 1.807) is 38.1 Å². The molecular formula is C25H19N3O5. The minimum absolute atomic E-state index is 0.0945. The lowest BCUT2D eigenvalue weighted by Gasteiger charge is -2.08. The van der Waals surface area contributed by atoms with Gasteiger partial charge in [0.15, 0.2) is 0 Å². The van der Waals surface area contributed by atoms with Crippen LogP contribution in [0.3, 0.4) is 0 Å². The number of nitrogens with zero attached hydrogens (tertiary/aromatic N) is 3. The van der Waals surface area contributed by atoms with Crippen molar-refractivity contribution < 1.29 is 19.6 Å². The second-order valence-electron chi connectivity index (χ2n) is 7.49. The van der Waals surface area contributed by atoms with Gasteiger partial charge in [0.1, 0.15) is 11.5 Å². The predicted molar refractivity (Wildman–Crippen MR) is 124 cm³/mol. The first-order valence-corrected chi connectivity index (χ1v) is 10.0. The highest BCUT2D eigenvalue weighted by molar-refractivity contribution is 6.01. The molecule has 0 heterocycles. The smallest absolute Gasteiger partial charge is 0.343 e. The van der Waals surface area contributed by atoms with Crippen LogP contribution in [0, 0.1) is 24.0 Å². The van der Waals surface area contributed by atoms with Gasteiger partial charge in [0.05, 0.1) is 21.9 Å². The highest BCUT2D eigenvalue weighted by Crippen LogP contribution is 2.32. The predicted octanol–water partition coefficient (Wildman–Crippen LogP) is 6.71. The molecule has 0 radical (unpaired) electrons. The van der Waals surface area contributed by atoms with Gasteiger partial charge in [0.2, 0.25) is 0 Å². The van der Waals surface area contributed by atoms with E-state index in [0.717, 1.165) is 10.8 Å². The van der Waals surface area contributed by atoms with E-state index in [4.69, 9.17) is 4.74 Å². The Morgan fingerprint density at radius 1 is 0.939 bits per heavy atom. The van der Waals surface area contributed by atoms with Gasteiger partial charge in [-0.15, -0.1) is 5.11 Å². The fourth-order valence-corrected chi connectivity index (χ4v) is 3.40. The number of hydrogen-bond donors (Lipinski definition) is 1. The number of phenolic OH excluding ortho intramolecular Hbond substituents is 1. The van der Waals surface area contributed by atoms with E-state index < -0.39 is 10.9 Å². The first kappa shape index (κ1) is 21.6. The number of esters is 1. The second kappa shape index (κ2) is 8.88. The number of carbonyl (C=O) groups is 1. The number of rotatable bonds is 5. The largest absolute Gasteiger partial charge is 0.507 e. The van der Waals surface area contributed by atoms with E-state index in [1.807, 2.05) is 24.3 Å². The van der Waals surface area contributed by atoms with Gasteiger partial charge >= 0.3 is 5.97 Å². The van der Waals surface area contributed by atoms with E-state index >= 15 is 0 Å². The minimum Gasteiger partial charge on any atom is -0.507 e. The monoisotopic (exact) mass is 441 g/mol. The van der Waals surface area contributed by atoms with Gasteiger partial charge in [0, 0.05) is 17.5 Å². The van der Waals surface area contributed by atoms with Crippen LogP contribution in [-0.4, -0.2) is 16.0 Å². The SMILES string of the molecule is Cc1cc(N=Nc2cc(C(=O)Oc3ccc([N+](=O)[O-])cc3)cc3ccccc23)cc(C)c1O. The summed E-state index contributed by atoms with van der Waals surface area (Å²) in [6.45, 7) is 3.57. The third-order valence-electron chi connectivity index (χ3n) is 5.08. The molecular weight excluding hydrogens is 422 g/mol. The average Bonchev–Trinajstić information content (AvgIpc) is 2.81. The molecule has 4 aromatic rings. The van der Waals surface area contributed by atoms with Crippen molar-refractivity contribution in [1.82, 2.24) is 0 Å². The molecule has 0 saturated carbocycles. The summed E-state index contributed by atoms with van der Waals surface area (Å²) in [6, 6.07) is 19.4. The number of nitro benzene ring substituents is 1. The highest BCUT2D eigenvalue weighted by Gasteiger charge is 2.14. The van der Waals surface area contributed by atoms with Crippen molar-refractivity contribution in [3.05, 3.63) is 99.6 Å². The third kappa shape index (κ3) is 4.69. The first-order valence-electron chi connectivity index (χ1n) is 10.0. The van der Waals surface area contributed by atoms with Gasteiger partial charge in [-0.25, -0.2) is 4.79 Å². The molecule has 0 fully saturated rings. The number of non-ortho nitro benzene ring substituents is 1. The fourth-order valence-electron chi connectivity index (χ4n) is 3.40. The maximum Gasteiger partial charge on any atom is 0.343 e. The number of azo groups is 1. The van der Waals surface area contributed by atoms with E-state index in [0.29, 0.717) is 22.5 Å². The van der Waals surface area contributed by atoms with E-state index in [2.05, 4.69) is 10.2 Å². The lowest BCUT2D eigenvalue weighted by atomic mass is 10.1. The zero-order chi connectivity index (χ0) is 23.5. The lowest BCUT2D eigenvalue weighted by Crippen LogP contribution is -2.08. The van der Waals surface area contributed by atoms with Crippen LogP contribution in [0.2, 0.25) is 0 Å². The van der Waals surface area contributed by atoms with Crippen molar-refractivity contribution in [2.24, 2.45) is 10.2 Å². The molecule has 0 aliphatic rings. The van der Waals surface area contributed by atoms with E-state index in [-0.39, 0.29) is 22.7 Å². The van der Waals surface area contributed by atoms with Gasteiger partial charge in [-0.2, -0.15) is 5.11 Å². The van der Waals surface area contributed by atoms with Gasteiger partial charge in [-0.1, -0.05) is 24.3 Å². The maximum absolute atomic E-state index is 12.8. The van der Waals surface area contributed by atoms with Crippen molar-refractivity contribution in [3.8, 4) is 11.5 Å². The summed E-state index contributed by atoms with van der Waals surface area (Å²) in [5, 5.41) is 31.0. The molecule has 164 valence electrons. The van der Waals surface area contributed by atoms with Crippen molar-refractivity contribution in [1.29, 1.82) is 0 Å². The number of aryl methyl sites for hydroxylation is 2. The third-order valence-corrected chi connectivity index (χ3v) is 5.08. The molecule has 33 heavy (non-hydrogen) atoms. The summed E-state index contributed by atoms with van der Waals surface area (Å²) in [5.41, 5.74) is 2.60. The number of aromatic hydroxyl groups is 1. The summed E-state index contributed by atoms with van der Waals surface area (Å²) in [7, 11) is 0. The van der Waals surface area contributed by atoms with Gasteiger partial charge < -0.3 is 9.84 Å². The molecule has 0 amide bonds. The van der Waals surface area contributed by atoms with Crippen LogP contribution in [-0.2, 0) is 0 Å². The molecule has 1 N–H and O–H groups in total. The Morgan fingerprint density at radius 2 is 1.61 bits per heavy atom. The number of phenols is 1. The summed E-state index contributed by atoms with van der Waals surface area (Å²) >= 11 is 0. The normalized spacial score (nSPS) is 11.1. The number of benzene rings is 4. The summed E-state index contributed by atoms with van der Waals surface area (Å²) in [6.07, 6.45) is 0. The fraction of sp³-hybridized carbons (Fsp3) is 0.0800. The number of nitro groups is 1. The van der Waals surface area contributed by atoms with Crippen molar-refractivity contribution in [2.75, 3.05) is 0 Å². The Labute approximate surface area is 188 Å². The number of fused-ring (bicyclic) bond motifs is 1. The Morgan fingerprint density at radius 3 is 2.27 bits per heavy atom. The molecule has 0 unspecified atom stereocenters. The number of carbonyl (C=O) groups excluding carboxylic acids is 1. The van der Waals surface area contributed by atoms with Gasteiger partial charge in [-0.3, -0.25) is 10.1 Å². The average molecular weight is 441 g/mol. The molecule has 0 bridgehead atoms. The summed E-state index contributed by atoms with van der Waals surface area (Å²) in [5.74, 6) is -0.213. The number of ether oxygens (including phenoxy) is 1. The Bertz CT molecular complexity index is 1390. The Balaban J connectivity index is 1.68. The Kier molecular flexibility index (Phi) is 5.82. The van der Waals surface area contributed by atoms with Gasteiger partial charge in [-0.05, 0) is 66.8 Å². The van der Waals surface area contributed by atoms with Crippen LogP contribution in [0.25, 0.3) is 10.8 Å². The molecule has 4 aromatic carbocycles. The zero-order valence-corrected chi connectivity index (χ0v) is 17.9. The summed E-state index contributed by atoms with van der Waals surface area (Å²) < 4.78 is 5.38. The van der Waals surface area contributed by atoms with Crippen LogP contribution in [0.1, 0.15) is 21.5 Å². The molecule has 8 heteroatoms. The molecule has 0 atom stereocenters. The zero-order valence-electron chi connectivity index (χ0n) is 17.9. The van der Waals surface area contributed by atoms with Crippen molar-refractivity contribution >= 4 is 33.8 Å². The topological polar surface area (TPSA) is 114 Å². The van der Waals surface area contributed by atoms with Gasteiger partial charge in [0.25, 0.3) is 5.69 Å². The first-order chi connectivity index (χ1) is 15.8. The molecule has 4 rings (SSSR count). The van der Waals surface area contributed by atoms with Crippen LogP contribution in [0.4, 0.5) is 17.1 Å². The molecule has 8 nitrogen and oxygen atoms in total. The Hall–Kier alpha value is -4.59. The van der Waals surface area contributed by atoms with Crippen LogP contribution in [0.15, 0.2) is 83.0 Å². The molecule has 0 aromatic heterocycles. The summed E-state index contributed by atoms with van der Waals surface area (Å²) in [4.78, 5) is 23.1. The molecule has 0 saturated heterocycles. The number of hydrogen-bond acceptors (Lipinski definition) is 7. The van der Waals surface area contributed by atoms with Crippen molar-refractivity contribution in [3.63, 3.8) is 0 Å². The van der Waals surface area contributed by atoms with Crippen molar-refractivity contribution in [2.45, 2.75) is 13.8 Å². The van der Waals surface area contributed by atoms with Crippen LogP contribution < -0.4 is 4.74 Å². The van der Waals surface area contributed by atoms with Crippen LogP contribution >= 0.6 is 0 Å². The van der Waals surface area contributed by atoms with Crippen LogP contribution in [0.5, 0.6) is 11.5 Å². The van der Waals surface area contributed by atoms with E-state index in [1.165, 1.54) is 24.3 Å². The second-order valence-corrected chi connectivity index (χ2v) is 7.49. The maximum atomic E-state index is 12.8. The molecule has 0 aliphatic heterocycles. The van der Waals surface area contributed by atoms with E-state index in [9.17, 15) is 20.0 Å².